The number of nitrogens with zero attached hydrogens (tertiary/aromatic N) is 1. The van der Waals surface area contributed by atoms with Crippen LogP contribution in [-0.2, 0) is 11.3 Å². The molecule has 0 saturated heterocycles. The van der Waals surface area contributed by atoms with E-state index in [9.17, 15) is 4.79 Å². The lowest BCUT2D eigenvalue weighted by atomic mass is 10.1. The summed E-state index contributed by atoms with van der Waals surface area (Å²) in [5.74, 6) is 0.877. The van der Waals surface area contributed by atoms with Crippen LogP contribution in [0.1, 0.15) is 51.5 Å². The second kappa shape index (κ2) is 7.46. The molecule has 1 unspecified atom stereocenters. The Morgan fingerprint density at radius 3 is 2.71 bits per heavy atom. The maximum atomic E-state index is 12.5. The molecule has 1 aliphatic heterocycles. The summed E-state index contributed by atoms with van der Waals surface area (Å²) in [7, 11) is 0. The van der Waals surface area contributed by atoms with Crippen molar-refractivity contribution in [2.24, 2.45) is 5.73 Å². The number of rotatable bonds is 7. The third-order valence-corrected chi connectivity index (χ3v) is 3.97. The van der Waals surface area contributed by atoms with Crippen molar-refractivity contribution in [3.8, 4) is 5.75 Å². The molecule has 0 bridgehead atoms. The van der Waals surface area contributed by atoms with E-state index in [-0.39, 0.29) is 12.0 Å². The largest absolute Gasteiger partial charge is 0.478 e. The fraction of sp³-hybridized carbons (Fsp3) is 0.588. The minimum absolute atomic E-state index is 0.0852. The molecule has 2 N–H and O–H groups in total. The third-order valence-electron chi connectivity index (χ3n) is 3.97. The predicted molar refractivity (Wildman–Crippen MR) is 85.5 cm³/mol. The number of nitrogens with two attached hydrogens (primary N) is 1. The fourth-order valence-corrected chi connectivity index (χ4v) is 2.68. The molecule has 0 fully saturated rings. The van der Waals surface area contributed by atoms with Gasteiger partial charge < -0.3 is 15.4 Å². The lowest BCUT2D eigenvalue weighted by Crippen LogP contribution is -2.46. The molecule has 4 heteroatoms. The van der Waals surface area contributed by atoms with E-state index >= 15 is 0 Å². The topological polar surface area (TPSA) is 55.6 Å². The normalized spacial score (nSPS) is 17.6. The Balaban J connectivity index is 2.19. The number of anilines is 1. The van der Waals surface area contributed by atoms with Gasteiger partial charge in [-0.2, -0.15) is 0 Å². The molecule has 1 heterocycles. The lowest BCUT2D eigenvalue weighted by Gasteiger charge is -2.34. The molecule has 1 aromatic rings. The van der Waals surface area contributed by atoms with Gasteiger partial charge in [0.2, 0.25) is 0 Å². The standard InChI is InChI=1S/C17H26N2O2/c1-3-5-6-7-10-19-14-9-8-13(12-18)11-16(14)21-15(4-2)17(19)20/h8-9,11,15H,3-7,10,12,18H2,1-2H3. The van der Waals surface area contributed by atoms with E-state index in [2.05, 4.69) is 6.92 Å². The molecule has 2 rings (SSSR count). The van der Waals surface area contributed by atoms with Crippen LogP contribution < -0.4 is 15.4 Å². The number of benzene rings is 1. The molecule has 4 nitrogen and oxygen atoms in total. The summed E-state index contributed by atoms with van der Waals surface area (Å²) in [6, 6.07) is 5.89. The number of amides is 1. The number of carbonyl (C=O) groups is 1. The zero-order chi connectivity index (χ0) is 15.2. The molecule has 116 valence electrons. The SMILES string of the molecule is CCCCCCN1C(=O)C(CC)Oc2cc(CN)ccc21. The van der Waals surface area contributed by atoms with Crippen molar-refractivity contribution in [1.82, 2.24) is 0 Å². The maximum absolute atomic E-state index is 12.5. The Kier molecular flexibility index (Phi) is 5.62. The number of unbranched alkanes of at least 4 members (excludes halogenated alkanes) is 3. The first-order valence-electron chi connectivity index (χ1n) is 8.02. The van der Waals surface area contributed by atoms with E-state index in [1.165, 1.54) is 12.8 Å². The second-order valence-electron chi connectivity index (χ2n) is 5.57. The summed E-state index contributed by atoms with van der Waals surface area (Å²) in [5.41, 5.74) is 7.61. The molecule has 1 amide bonds. The molecule has 21 heavy (non-hydrogen) atoms. The molecule has 1 aliphatic rings. The summed E-state index contributed by atoms with van der Waals surface area (Å²) in [4.78, 5) is 14.4. The summed E-state index contributed by atoms with van der Waals surface area (Å²) >= 11 is 0. The van der Waals surface area contributed by atoms with Crippen molar-refractivity contribution in [2.45, 2.75) is 58.6 Å². The van der Waals surface area contributed by atoms with E-state index in [1.807, 2.05) is 30.0 Å². The van der Waals surface area contributed by atoms with Gasteiger partial charge in [-0.15, -0.1) is 0 Å². The van der Waals surface area contributed by atoms with Gasteiger partial charge in [-0.3, -0.25) is 4.79 Å². The lowest BCUT2D eigenvalue weighted by molar-refractivity contribution is -0.126. The van der Waals surface area contributed by atoms with Crippen LogP contribution in [0.2, 0.25) is 0 Å². The van der Waals surface area contributed by atoms with E-state index < -0.39 is 0 Å². The van der Waals surface area contributed by atoms with Crippen LogP contribution in [0.25, 0.3) is 0 Å². The first-order chi connectivity index (χ1) is 10.2. The van der Waals surface area contributed by atoms with E-state index in [4.69, 9.17) is 10.5 Å². The summed E-state index contributed by atoms with van der Waals surface area (Å²) in [6.45, 7) is 5.43. The predicted octanol–water partition coefficient (Wildman–Crippen LogP) is 3.23. The van der Waals surface area contributed by atoms with Crippen LogP contribution in [-0.4, -0.2) is 18.6 Å². The first-order valence-corrected chi connectivity index (χ1v) is 8.02. The highest BCUT2D eigenvalue weighted by atomic mass is 16.5. The van der Waals surface area contributed by atoms with Crippen molar-refractivity contribution >= 4 is 11.6 Å². The van der Waals surface area contributed by atoms with Gasteiger partial charge in [-0.05, 0) is 30.5 Å². The molecular weight excluding hydrogens is 264 g/mol. The fourth-order valence-electron chi connectivity index (χ4n) is 2.68. The average molecular weight is 290 g/mol. The Bertz CT molecular complexity index is 488. The summed E-state index contributed by atoms with van der Waals surface area (Å²) < 4.78 is 5.85. The van der Waals surface area contributed by atoms with Gasteiger partial charge in [0.15, 0.2) is 6.10 Å². The van der Waals surface area contributed by atoms with Gasteiger partial charge >= 0.3 is 0 Å². The zero-order valence-electron chi connectivity index (χ0n) is 13.1. The van der Waals surface area contributed by atoms with Gasteiger partial charge in [-0.25, -0.2) is 0 Å². The molecule has 1 aromatic carbocycles. The molecule has 0 radical (unpaired) electrons. The first kappa shape index (κ1) is 15.8. The Morgan fingerprint density at radius 2 is 2.05 bits per heavy atom. The average Bonchev–Trinajstić information content (AvgIpc) is 2.52. The van der Waals surface area contributed by atoms with Crippen LogP contribution >= 0.6 is 0 Å². The highest BCUT2D eigenvalue weighted by molar-refractivity contribution is 6.00. The molecule has 1 atom stereocenters. The van der Waals surface area contributed by atoms with Crippen LogP contribution in [0.5, 0.6) is 5.75 Å². The monoisotopic (exact) mass is 290 g/mol. The van der Waals surface area contributed by atoms with Gasteiger partial charge in [0.25, 0.3) is 5.91 Å². The minimum Gasteiger partial charge on any atom is -0.478 e. The van der Waals surface area contributed by atoms with Crippen LogP contribution in [0.4, 0.5) is 5.69 Å². The molecular formula is C17H26N2O2. The third kappa shape index (κ3) is 3.56. The van der Waals surface area contributed by atoms with Gasteiger partial charge in [0, 0.05) is 13.1 Å². The summed E-state index contributed by atoms with van der Waals surface area (Å²) in [5, 5.41) is 0. The Hall–Kier alpha value is -1.55. The Labute approximate surface area is 127 Å². The highest BCUT2D eigenvalue weighted by Gasteiger charge is 2.32. The molecule has 0 aromatic heterocycles. The maximum Gasteiger partial charge on any atom is 0.268 e. The van der Waals surface area contributed by atoms with Crippen molar-refractivity contribution in [2.75, 3.05) is 11.4 Å². The second-order valence-corrected chi connectivity index (χ2v) is 5.57. The van der Waals surface area contributed by atoms with Gasteiger partial charge in [0.05, 0.1) is 5.69 Å². The molecule has 0 saturated carbocycles. The van der Waals surface area contributed by atoms with Crippen molar-refractivity contribution in [3.63, 3.8) is 0 Å². The smallest absolute Gasteiger partial charge is 0.268 e. The summed E-state index contributed by atoms with van der Waals surface area (Å²) in [6.07, 6.45) is 4.94. The van der Waals surface area contributed by atoms with E-state index in [0.717, 1.165) is 36.4 Å². The van der Waals surface area contributed by atoms with Gasteiger partial charge in [-0.1, -0.05) is 39.2 Å². The number of hydrogen-bond donors (Lipinski definition) is 1. The molecule has 0 aliphatic carbocycles. The quantitative estimate of drug-likeness (QED) is 0.784. The van der Waals surface area contributed by atoms with Crippen molar-refractivity contribution in [1.29, 1.82) is 0 Å². The number of hydrogen-bond acceptors (Lipinski definition) is 3. The van der Waals surface area contributed by atoms with E-state index in [1.54, 1.807) is 0 Å². The van der Waals surface area contributed by atoms with Crippen LogP contribution in [0.15, 0.2) is 18.2 Å². The zero-order valence-corrected chi connectivity index (χ0v) is 13.1. The van der Waals surface area contributed by atoms with Gasteiger partial charge in [0.1, 0.15) is 5.75 Å². The number of ether oxygens (including phenoxy) is 1. The van der Waals surface area contributed by atoms with E-state index in [0.29, 0.717) is 13.0 Å². The van der Waals surface area contributed by atoms with Crippen LogP contribution in [0, 0.1) is 0 Å². The number of carbonyl (C=O) groups excluding carboxylic acids is 1. The van der Waals surface area contributed by atoms with Crippen molar-refractivity contribution in [3.05, 3.63) is 23.8 Å². The Morgan fingerprint density at radius 1 is 1.24 bits per heavy atom. The number of fused-ring (bicyclic) bond motifs is 1. The van der Waals surface area contributed by atoms with Crippen molar-refractivity contribution < 1.29 is 9.53 Å². The highest BCUT2D eigenvalue weighted by Crippen LogP contribution is 2.35. The molecule has 0 spiro atoms. The minimum atomic E-state index is -0.364. The van der Waals surface area contributed by atoms with Crippen LogP contribution in [0.3, 0.4) is 0 Å².